The first kappa shape index (κ1) is 18.9. The van der Waals surface area contributed by atoms with Crippen LogP contribution in [0.3, 0.4) is 0 Å². The Morgan fingerprint density at radius 2 is 1.21 bits per heavy atom. The second-order valence-corrected chi connectivity index (χ2v) is 6.66. The Morgan fingerprint density at radius 1 is 0.684 bits per heavy atom. The lowest BCUT2D eigenvalue weighted by Crippen LogP contribution is -2.48. The topological polar surface area (TPSA) is 6.48 Å². The van der Waals surface area contributed by atoms with Crippen LogP contribution in [0.2, 0.25) is 0 Å². The van der Waals surface area contributed by atoms with Gasteiger partial charge in [-0.1, -0.05) is 13.8 Å². The van der Waals surface area contributed by atoms with Gasteiger partial charge in [-0.3, -0.25) is 9.80 Å². The molecule has 0 aliphatic carbocycles. The van der Waals surface area contributed by atoms with Gasteiger partial charge in [0.25, 0.3) is 0 Å². The van der Waals surface area contributed by atoms with E-state index >= 15 is 0 Å². The third-order valence-corrected chi connectivity index (χ3v) is 4.48. The lowest BCUT2D eigenvalue weighted by molar-refractivity contribution is 0.0733. The summed E-state index contributed by atoms with van der Waals surface area (Å²) in [6, 6.07) is 3.26. The highest BCUT2D eigenvalue weighted by Crippen LogP contribution is 2.19. The Morgan fingerprint density at radius 3 is 1.53 bits per heavy atom. The quantitative estimate of drug-likeness (QED) is 0.613. The summed E-state index contributed by atoms with van der Waals surface area (Å²) in [5.74, 6) is 0. The molecule has 0 rings (SSSR count). The van der Waals surface area contributed by atoms with E-state index in [4.69, 9.17) is 0 Å². The zero-order valence-electron chi connectivity index (χ0n) is 14.9. The Labute approximate surface area is 122 Å². The minimum absolute atomic E-state index is 0.631. The first-order valence-corrected chi connectivity index (χ1v) is 8.29. The fourth-order valence-electron chi connectivity index (χ4n) is 3.60. The van der Waals surface area contributed by atoms with Crippen molar-refractivity contribution < 1.29 is 0 Å². The molecular weight excluding hydrogens is 232 g/mol. The Hall–Kier alpha value is -0.0800. The second kappa shape index (κ2) is 8.97. The van der Waals surface area contributed by atoms with Crippen molar-refractivity contribution in [1.29, 1.82) is 0 Å². The second-order valence-electron chi connectivity index (χ2n) is 6.66. The lowest BCUT2D eigenvalue weighted by atomic mass is 10.0. The molecule has 0 heterocycles. The van der Waals surface area contributed by atoms with E-state index in [9.17, 15) is 0 Å². The Balaban J connectivity index is 4.66. The summed E-state index contributed by atoms with van der Waals surface area (Å²) < 4.78 is 0. The zero-order valence-corrected chi connectivity index (χ0v) is 14.9. The highest BCUT2D eigenvalue weighted by Gasteiger charge is 2.25. The summed E-state index contributed by atoms with van der Waals surface area (Å²) in [6.07, 6.45) is 2.49. The summed E-state index contributed by atoms with van der Waals surface area (Å²) in [5.41, 5.74) is 0. The van der Waals surface area contributed by atoms with E-state index < -0.39 is 0 Å². The SMILES string of the molecule is CCC(C)N(C(C)C)C(C)CC(C)N(CC)C(C)C. The average Bonchev–Trinajstić information content (AvgIpc) is 2.28. The van der Waals surface area contributed by atoms with Crippen molar-refractivity contribution in [3.8, 4) is 0 Å². The van der Waals surface area contributed by atoms with Gasteiger partial charge in [-0.2, -0.15) is 0 Å². The van der Waals surface area contributed by atoms with Gasteiger partial charge < -0.3 is 0 Å². The van der Waals surface area contributed by atoms with Gasteiger partial charge in [-0.15, -0.1) is 0 Å². The molecule has 0 radical (unpaired) electrons. The highest BCUT2D eigenvalue weighted by atomic mass is 15.2. The predicted octanol–water partition coefficient (Wildman–Crippen LogP) is 4.39. The molecule has 19 heavy (non-hydrogen) atoms. The van der Waals surface area contributed by atoms with Gasteiger partial charge in [0.2, 0.25) is 0 Å². The molecule has 3 atom stereocenters. The molecule has 0 aromatic heterocycles. The van der Waals surface area contributed by atoms with E-state index in [2.05, 4.69) is 72.1 Å². The molecule has 0 fully saturated rings. The first-order chi connectivity index (χ1) is 8.76. The molecule has 0 amide bonds. The van der Waals surface area contributed by atoms with Gasteiger partial charge in [-0.05, 0) is 67.9 Å². The van der Waals surface area contributed by atoms with Crippen LogP contribution in [0.1, 0.15) is 75.2 Å². The van der Waals surface area contributed by atoms with Crippen LogP contribution in [-0.4, -0.2) is 46.6 Å². The van der Waals surface area contributed by atoms with Gasteiger partial charge in [0.1, 0.15) is 0 Å². The Kier molecular flexibility index (Phi) is 8.93. The molecule has 3 unspecified atom stereocenters. The number of hydrogen-bond donors (Lipinski definition) is 0. The molecule has 2 heteroatoms. The van der Waals surface area contributed by atoms with Gasteiger partial charge in [0.05, 0.1) is 0 Å². The summed E-state index contributed by atoms with van der Waals surface area (Å²) in [4.78, 5) is 5.29. The summed E-state index contributed by atoms with van der Waals surface area (Å²) in [6.45, 7) is 22.1. The summed E-state index contributed by atoms with van der Waals surface area (Å²) in [7, 11) is 0. The molecule has 0 saturated carbocycles. The van der Waals surface area contributed by atoms with Gasteiger partial charge >= 0.3 is 0 Å². The maximum atomic E-state index is 2.69. The molecule has 0 aliphatic heterocycles. The molecule has 0 saturated heterocycles. The van der Waals surface area contributed by atoms with E-state index in [1.165, 1.54) is 12.8 Å². The van der Waals surface area contributed by atoms with Crippen LogP contribution in [0.25, 0.3) is 0 Å². The smallest absolute Gasteiger partial charge is 0.00872 e. The van der Waals surface area contributed by atoms with Crippen LogP contribution in [0.5, 0.6) is 0 Å². The van der Waals surface area contributed by atoms with Crippen LogP contribution in [0.15, 0.2) is 0 Å². The van der Waals surface area contributed by atoms with E-state index in [0.717, 1.165) is 6.54 Å². The van der Waals surface area contributed by atoms with Crippen molar-refractivity contribution >= 4 is 0 Å². The zero-order chi connectivity index (χ0) is 15.2. The minimum atomic E-state index is 0.631. The molecule has 0 aromatic rings. The molecule has 0 aromatic carbocycles. The third kappa shape index (κ3) is 5.83. The van der Waals surface area contributed by atoms with Crippen molar-refractivity contribution in [2.75, 3.05) is 6.54 Å². The molecule has 116 valence electrons. The molecule has 0 bridgehead atoms. The number of hydrogen-bond acceptors (Lipinski definition) is 2. The third-order valence-electron chi connectivity index (χ3n) is 4.48. The molecule has 0 spiro atoms. The Bertz CT molecular complexity index is 225. The van der Waals surface area contributed by atoms with Gasteiger partial charge in [-0.25, -0.2) is 0 Å². The van der Waals surface area contributed by atoms with Gasteiger partial charge in [0.15, 0.2) is 0 Å². The fourth-order valence-corrected chi connectivity index (χ4v) is 3.60. The number of rotatable bonds is 9. The van der Waals surface area contributed by atoms with Crippen LogP contribution >= 0.6 is 0 Å². The fraction of sp³-hybridized carbons (Fsp3) is 1.00. The molecule has 0 N–H and O–H groups in total. The van der Waals surface area contributed by atoms with Crippen molar-refractivity contribution in [3.63, 3.8) is 0 Å². The van der Waals surface area contributed by atoms with Crippen LogP contribution in [-0.2, 0) is 0 Å². The minimum Gasteiger partial charge on any atom is -0.298 e. The summed E-state index contributed by atoms with van der Waals surface area (Å²) in [5, 5.41) is 0. The number of nitrogens with zero attached hydrogens (tertiary/aromatic N) is 2. The first-order valence-electron chi connectivity index (χ1n) is 8.29. The van der Waals surface area contributed by atoms with Crippen molar-refractivity contribution in [2.24, 2.45) is 0 Å². The summed E-state index contributed by atoms with van der Waals surface area (Å²) >= 11 is 0. The van der Waals surface area contributed by atoms with E-state index in [1.54, 1.807) is 0 Å². The van der Waals surface area contributed by atoms with E-state index in [0.29, 0.717) is 30.2 Å². The molecule has 2 nitrogen and oxygen atoms in total. The largest absolute Gasteiger partial charge is 0.298 e. The van der Waals surface area contributed by atoms with Crippen LogP contribution < -0.4 is 0 Å². The monoisotopic (exact) mass is 270 g/mol. The average molecular weight is 271 g/mol. The maximum Gasteiger partial charge on any atom is 0.00872 e. The molecular formula is C17H38N2. The standard InChI is InChI=1S/C17H38N2/c1-10-15(7)19(14(5)6)17(9)12-16(8)18(11-2)13(3)4/h13-17H,10-12H2,1-9H3. The lowest BCUT2D eigenvalue weighted by Gasteiger charge is -2.41. The van der Waals surface area contributed by atoms with E-state index in [1.807, 2.05) is 0 Å². The van der Waals surface area contributed by atoms with Crippen molar-refractivity contribution in [2.45, 2.75) is 105 Å². The van der Waals surface area contributed by atoms with Crippen molar-refractivity contribution in [3.05, 3.63) is 0 Å². The van der Waals surface area contributed by atoms with Gasteiger partial charge in [0, 0.05) is 30.2 Å². The molecule has 0 aliphatic rings. The normalized spacial score (nSPS) is 17.5. The van der Waals surface area contributed by atoms with Crippen LogP contribution in [0.4, 0.5) is 0 Å². The maximum absolute atomic E-state index is 2.69. The van der Waals surface area contributed by atoms with Crippen molar-refractivity contribution in [1.82, 2.24) is 9.80 Å². The van der Waals surface area contributed by atoms with E-state index in [-0.39, 0.29) is 0 Å². The van der Waals surface area contributed by atoms with Crippen LogP contribution in [0, 0.1) is 0 Å². The highest BCUT2D eigenvalue weighted by molar-refractivity contribution is 4.81. The predicted molar refractivity (Wildman–Crippen MR) is 87.8 cm³/mol.